The van der Waals surface area contributed by atoms with E-state index < -0.39 is 0 Å². The molecule has 0 bridgehead atoms. The van der Waals surface area contributed by atoms with Gasteiger partial charge in [0.1, 0.15) is 11.8 Å². The highest BCUT2D eigenvalue weighted by atomic mass is 15.1. The minimum absolute atomic E-state index is 0.398. The summed E-state index contributed by atoms with van der Waals surface area (Å²) in [5.74, 6) is 0.842. The third-order valence-corrected chi connectivity index (χ3v) is 4.58. The molecular formula is C18H21N7. The zero-order valence-electron chi connectivity index (χ0n) is 14.3. The van der Waals surface area contributed by atoms with Gasteiger partial charge in [0.2, 0.25) is 0 Å². The molecule has 0 aliphatic rings. The number of rotatable bonds is 4. The second-order valence-electron chi connectivity index (χ2n) is 6.56. The van der Waals surface area contributed by atoms with Gasteiger partial charge in [0, 0.05) is 17.6 Å². The molecule has 0 fully saturated rings. The molecule has 0 spiro atoms. The molecule has 3 aromatic heterocycles. The Balaban J connectivity index is 1.85. The Labute approximate surface area is 145 Å². The summed E-state index contributed by atoms with van der Waals surface area (Å²) >= 11 is 0. The molecule has 0 aliphatic heterocycles. The Kier molecular flexibility index (Phi) is 3.65. The molecule has 25 heavy (non-hydrogen) atoms. The number of imidazole rings is 1. The van der Waals surface area contributed by atoms with Gasteiger partial charge >= 0.3 is 0 Å². The van der Waals surface area contributed by atoms with Gasteiger partial charge < -0.3 is 21.0 Å². The van der Waals surface area contributed by atoms with Gasteiger partial charge in [-0.1, -0.05) is 26.0 Å². The van der Waals surface area contributed by atoms with E-state index in [-0.39, 0.29) is 0 Å². The molecular weight excluding hydrogens is 314 g/mol. The highest BCUT2D eigenvalue weighted by Gasteiger charge is 2.14. The number of H-pyrrole nitrogens is 1. The predicted molar refractivity (Wildman–Crippen MR) is 99.1 cm³/mol. The summed E-state index contributed by atoms with van der Waals surface area (Å²) in [5.41, 5.74) is 17.7. The average molecular weight is 335 g/mol. The topological polar surface area (TPSA) is 111 Å². The summed E-state index contributed by atoms with van der Waals surface area (Å²) in [4.78, 5) is 16.1. The van der Waals surface area contributed by atoms with Crippen LogP contribution in [0.5, 0.6) is 0 Å². The van der Waals surface area contributed by atoms with Crippen LogP contribution in [0.2, 0.25) is 0 Å². The van der Waals surface area contributed by atoms with E-state index >= 15 is 0 Å². The Bertz CT molecular complexity index is 1060. The minimum atomic E-state index is 0.398. The maximum absolute atomic E-state index is 5.88. The fourth-order valence-corrected chi connectivity index (χ4v) is 3.30. The number of hydrogen-bond acceptors (Lipinski definition) is 5. The quantitative estimate of drug-likeness (QED) is 0.530. The highest BCUT2D eigenvalue weighted by Crippen LogP contribution is 2.29. The molecule has 4 aromatic rings. The van der Waals surface area contributed by atoms with Gasteiger partial charge in [-0.15, -0.1) is 0 Å². The standard InChI is InChI=1S/C18H21N7/c1-10(2)13-4-3-11(15-14(13)5-12(6-19)24-15)7-25-9-23-16-17(20)21-8-22-18(16)25/h3-5,8-10,24H,6-7,19H2,1-2H3,(H2,20,21,22). The van der Waals surface area contributed by atoms with Crippen LogP contribution in [0, 0.1) is 0 Å². The number of nitrogen functional groups attached to an aromatic ring is 1. The maximum atomic E-state index is 5.88. The Morgan fingerprint density at radius 3 is 2.80 bits per heavy atom. The normalized spacial score (nSPS) is 11.8. The monoisotopic (exact) mass is 335 g/mol. The summed E-state index contributed by atoms with van der Waals surface area (Å²) in [6.07, 6.45) is 3.22. The molecule has 0 saturated carbocycles. The number of aromatic amines is 1. The van der Waals surface area contributed by atoms with Crippen LogP contribution in [0.1, 0.15) is 36.6 Å². The number of nitrogens with zero attached hydrogens (tertiary/aromatic N) is 4. The number of nitrogens with one attached hydrogen (secondary N) is 1. The third-order valence-electron chi connectivity index (χ3n) is 4.58. The molecule has 0 saturated heterocycles. The number of aromatic nitrogens is 5. The molecule has 3 heterocycles. The second-order valence-corrected chi connectivity index (χ2v) is 6.56. The zero-order chi connectivity index (χ0) is 17.6. The van der Waals surface area contributed by atoms with Gasteiger partial charge in [-0.3, -0.25) is 0 Å². The first-order chi connectivity index (χ1) is 12.1. The van der Waals surface area contributed by atoms with Crippen molar-refractivity contribution in [3.05, 3.63) is 47.7 Å². The lowest BCUT2D eigenvalue weighted by molar-refractivity contribution is 0.814. The summed E-state index contributed by atoms with van der Waals surface area (Å²) in [7, 11) is 0. The van der Waals surface area contributed by atoms with Gasteiger partial charge in [-0.05, 0) is 23.1 Å². The molecule has 7 heteroatoms. The molecule has 1 aromatic carbocycles. The fourth-order valence-electron chi connectivity index (χ4n) is 3.30. The van der Waals surface area contributed by atoms with Gasteiger partial charge in [0.25, 0.3) is 0 Å². The molecule has 0 atom stereocenters. The minimum Gasteiger partial charge on any atom is -0.382 e. The van der Waals surface area contributed by atoms with E-state index in [0.29, 0.717) is 30.3 Å². The molecule has 4 rings (SSSR count). The number of fused-ring (bicyclic) bond motifs is 2. The lowest BCUT2D eigenvalue weighted by Gasteiger charge is -2.11. The van der Waals surface area contributed by atoms with E-state index in [4.69, 9.17) is 11.5 Å². The summed E-state index contributed by atoms with van der Waals surface area (Å²) < 4.78 is 1.99. The van der Waals surface area contributed by atoms with Crippen molar-refractivity contribution in [3.8, 4) is 0 Å². The SMILES string of the molecule is CC(C)c1ccc(Cn2cnc3c(N)ncnc32)c2[nH]c(CN)cc12. The number of benzene rings is 1. The largest absolute Gasteiger partial charge is 0.382 e. The second kappa shape index (κ2) is 5.86. The summed E-state index contributed by atoms with van der Waals surface area (Å²) in [5, 5.41) is 1.23. The van der Waals surface area contributed by atoms with Crippen LogP contribution in [-0.2, 0) is 13.1 Å². The average Bonchev–Trinajstić information content (AvgIpc) is 3.20. The van der Waals surface area contributed by atoms with Crippen molar-refractivity contribution in [2.24, 2.45) is 5.73 Å². The Morgan fingerprint density at radius 2 is 2.04 bits per heavy atom. The van der Waals surface area contributed by atoms with Crippen LogP contribution >= 0.6 is 0 Å². The first-order valence-corrected chi connectivity index (χ1v) is 8.33. The summed E-state index contributed by atoms with van der Waals surface area (Å²) in [6, 6.07) is 6.50. The highest BCUT2D eigenvalue weighted by molar-refractivity contribution is 5.88. The van der Waals surface area contributed by atoms with Gasteiger partial charge in [0.05, 0.1) is 18.4 Å². The molecule has 5 N–H and O–H groups in total. The number of anilines is 1. The molecule has 7 nitrogen and oxygen atoms in total. The number of nitrogens with two attached hydrogens (primary N) is 2. The maximum Gasteiger partial charge on any atom is 0.165 e. The van der Waals surface area contributed by atoms with Gasteiger partial charge in [0.15, 0.2) is 11.5 Å². The van der Waals surface area contributed by atoms with Crippen LogP contribution in [0.25, 0.3) is 22.1 Å². The zero-order valence-corrected chi connectivity index (χ0v) is 14.3. The first kappa shape index (κ1) is 15.6. The van der Waals surface area contributed by atoms with Crippen molar-refractivity contribution in [1.29, 1.82) is 0 Å². The lowest BCUT2D eigenvalue weighted by atomic mass is 9.97. The van der Waals surface area contributed by atoms with Crippen LogP contribution in [0.15, 0.2) is 30.9 Å². The number of hydrogen-bond donors (Lipinski definition) is 3. The Hall–Kier alpha value is -2.93. The van der Waals surface area contributed by atoms with E-state index in [1.165, 1.54) is 17.3 Å². The molecule has 128 valence electrons. The van der Waals surface area contributed by atoms with E-state index in [2.05, 4.69) is 52.0 Å². The summed E-state index contributed by atoms with van der Waals surface area (Å²) in [6.45, 7) is 5.54. The van der Waals surface area contributed by atoms with Crippen molar-refractivity contribution in [2.45, 2.75) is 32.9 Å². The van der Waals surface area contributed by atoms with E-state index in [0.717, 1.165) is 22.4 Å². The molecule has 0 aliphatic carbocycles. The van der Waals surface area contributed by atoms with Crippen LogP contribution in [0.4, 0.5) is 5.82 Å². The smallest absolute Gasteiger partial charge is 0.165 e. The van der Waals surface area contributed by atoms with Crippen molar-refractivity contribution in [3.63, 3.8) is 0 Å². The lowest BCUT2D eigenvalue weighted by Crippen LogP contribution is -2.02. The third kappa shape index (κ3) is 2.53. The van der Waals surface area contributed by atoms with Crippen LogP contribution in [-0.4, -0.2) is 24.5 Å². The van der Waals surface area contributed by atoms with Crippen molar-refractivity contribution >= 4 is 27.9 Å². The van der Waals surface area contributed by atoms with Gasteiger partial charge in [-0.25, -0.2) is 15.0 Å². The molecule has 0 unspecified atom stereocenters. The predicted octanol–water partition coefficient (Wildman–Crippen LogP) is 2.52. The van der Waals surface area contributed by atoms with Gasteiger partial charge in [-0.2, -0.15) is 0 Å². The first-order valence-electron chi connectivity index (χ1n) is 8.33. The molecule has 0 radical (unpaired) electrons. The van der Waals surface area contributed by atoms with E-state index in [9.17, 15) is 0 Å². The van der Waals surface area contributed by atoms with Crippen LogP contribution < -0.4 is 11.5 Å². The van der Waals surface area contributed by atoms with Crippen molar-refractivity contribution in [2.75, 3.05) is 5.73 Å². The fraction of sp³-hybridized carbons (Fsp3) is 0.278. The van der Waals surface area contributed by atoms with Crippen molar-refractivity contribution < 1.29 is 0 Å². The van der Waals surface area contributed by atoms with E-state index in [1.807, 2.05) is 4.57 Å². The van der Waals surface area contributed by atoms with Crippen molar-refractivity contribution in [1.82, 2.24) is 24.5 Å². The molecule has 0 amide bonds. The van der Waals surface area contributed by atoms with Crippen LogP contribution in [0.3, 0.4) is 0 Å². The Morgan fingerprint density at radius 1 is 1.20 bits per heavy atom. The van der Waals surface area contributed by atoms with E-state index in [1.54, 1.807) is 6.33 Å².